The lowest BCUT2D eigenvalue weighted by atomic mass is 9.98. The van der Waals surface area contributed by atoms with Gasteiger partial charge in [0.15, 0.2) is 5.78 Å². The molecule has 0 fully saturated rings. The van der Waals surface area contributed by atoms with Crippen LogP contribution in [0.1, 0.15) is 27.0 Å². The predicted molar refractivity (Wildman–Crippen MR) is 66.3 cm³/mol. The molecule has 0 aliphatic heterocycles. The van der Waals surface area contributed by atoms with Gasteiger partial charge in [0.25, 0.3) is 0 Å². The summed E-state index contributed by atoms with van der Waals surface area (Å²) in [5, 5.41) is 0. The average molecular weight is 336 g/mol. The van der Waals surface area contributed by atoms with E-state index >= 15 is 0 Å². The van der Waals surface area contributed by atoms with Crippen molar-refractivity contribution in [2.45, 2.75) is 12.4 Å². The highest BCUT2D eigenvalue weighted by molar-refractivity contribution is 6.09. The van der Waals surface area contributed by atoms with E-state index in [9.17, 15) is 35.5 Å². The molecule has 122 valence electrons. The number of ketones is 1. The molecule has 0 bridgehead atoms. The summed E-state index contributed by atoms with van der Waals surface area (Å²) in [6.07, 6.45) is -10.1. The molecule has 8 heteroatoms. The third kappa shape index (κ3) is 3.88. The Hall–Kier alpha value is -2.38. The van der Waals surface area contributed by atoms with Gasteiger partial charge in [-0.1, -0.05) is 0 Å². The summed E-state index contributed by atoms with van der Waals surface area (Å²) in [4.78, 5) is 12.1. The minimum absolute atomic E-state index is 0.0680. The number of alkyl halides is 6. The maximum Gasteiger partial charge on any atom is 0.416 e. The molecule has 0 radical (unpaired) electrons. The normalized spacial score (nSPS) is 12.3. The van der Waals surface area contributed by atoms with Crippen molar-refractivity contribution in [2.24, 2.45) is 0 Å². The van der Waals surface area contributed by atoms with E-state index in [2.05, 4.69) is 0 Å². The zero-order chi connectivity index (χ0) is 17.4. The fourth-order valence-electron chi connectivity index (χ4n) is 1.85. The van der Waals surface area contributed by atoms with Crippen molar-refractivity contribution in [2.75, 3.05) is 0 Å². The van der Waals surface area contributed by atoms with Crippen molar-refractivity contribution in [3.8, 4) is 0 Å². The number of hydrogen-bond acceptors (Lipinski definition) is 1. The van der Waals surface area contributed by atoms with Crippen LogP contribution in [0.3, 0.4) is 0 Å². The van der Waals surface area contributed by atoms with Crippen molar-refractivity contribution in [1.29, 1.82) is 0 Å². The number of hydrogen-bond donors (Lipinski definition) is 0. The molecule has 0 amide bonds. The van der Waals surface area contributed by atoms with Gasteiger partial charge in [0, 0.05) is 11.1 Å². The van der Waals surface area contributed by atoms with E-state index in [1.807, 2.05) is 0 Å². The van der Waals surface area contributed by atoms with E-state index in [-0.39, 0.29) is 11.6 Å². The van der Waals surface area contributed by atoms with Gasteiger partial charge in [0.1, 0.15) is 5.82 Å². The van der Waals surface area contributed by atoms with Gasteiger partial charge in [-0.15, -0.1) is 0 Å². The second-order valence-electron chi connectivity index (χ2n) is 4.63. The number of rotatable bonds is 2. The summed E-state index contributed by atoms with van der Waals surface area (Å²) in [6.45, 7) is 0. The number of benzene rings is 2. The number of halogens is 7. The minimum Gasteiger partial charge on any atom is -0.289 e. The van der Waals surface area contributed by atoms with Crippen molar-refractivity contribution in [3.63, 3.8) is 0 Å². The topological polar surface area (TPSA) is 17.1 Å². The fraction of sp³-hybridized carbons (Fsp3) is 0.133. The van der Waals surface area contributed by atoms with Crippen molar-refractivity contribution < 1.29 is 35.5 Å². The smallest absolute Gasteiger partial charge is 0.289 e. The lowest BCUT2D eigenvalue weighted by Crippen LogP contribution is -2.14. The fourth-order valence-corrected chi connectivity index (χ4v) is 1.85. The highest BCUT2D eigenvalue weighted by atomic mass is 19.4. The summed E-state index contributed by atoms with van der Waals surface area (Å²) in [5.41, 5.74) is -4.17. The first-order chi connectivity index (χ1) is 10.5. The molecule has 0 unspecified atom stereocenters. The Labute approximate surface area is 125 Å². The Bertz CT molecular complexity index is 695. The molecule has 0 atom stereocenters. The molecular formula is C15H7F7O. The predicted octanol–water partition coefficient (Wildman–Crippen LogP) is 5.09. The molecule has 2 aromatic carbocycles. The minimum atomic E-state index is -5.04. The van der Waals surface area contributed by atoms with Crippen LogP contribution in [0.5, 0.6) is 0 Å². The summed E-state index contributed by atoms with van der Waals surface area (Å²) in [6, 6.07) is 4.32. The number of carbonyl (C=O) groups excluding carboxylic acids is 1. The van der Waals surface area contributed by atoms with E-state index in [1.165, 1.54) is 0 Å². The van der Waals surface area contributed by atoms with E-state index < -0.39 is 40.6 Å². The van der Waals surface area contributed by atoms with Crippen molar-refractivity contribution in [1.82, 2.24) is 0 Å². The van der Waals surface area contributed by atoms with Gasteiger partial charge in [0.2, 0.25) is 0 Å². The molecule has 0 heterocycles. The van der Waals surface area contributed by atoms with Crippen LogP contribution in [-0.2, 0) is 12.4 Å². The third-order valence-electron chi connectivity index (χ3n) is 2.96. The Morgan fingerprint density at radius 2 is 1.13 bits per heavy atom. The van der Waals surface area contributed by atoms with Gasteiger partial charge in [0.05, 0.1) is 11.1 Å². The van der Waals surface area contributed by atoms with Crippen LogP contribution < -0.4 is 0 Å². The first kappa shape index (κ1) is 17.0. The monoisotopic (exact) mass is 336 g/mol. The van der Waals surface area contributed by atoms with E-state index in [1.54, 1.807) is 0 Å². The largest absolute Gasteiger partial charge is 0.416 e. The second-order valence-corrected chi connectivity index (χ2v) is 4.63. The van der Waals surface area contributed by atoms with Gasteiger partial charge >= 0.3 is 12.4 Å². The highest BCUT2D eigenvalue weighted by Crippen LogP contribution is 2.36. The zero-order valence-corrected chi connectivity index (χ0v) is 11.1. The Kier molecular flexibility index (Phi) is 4.19. The Morgan fingerprint density at radius 1 is 0.696 bits per heavy atom. The molecule has 2 aromatic rings. The van der Waals surface area contributed by atoms with Crippen LogP contribution in [0.2, 0.25) is 0 Å². The molecule has 0 saturated carbocycles. The summed E-state index contributed by atoms with van der Waals surface area (Å²) in [7, 11) is 0. The van der Waals surface area contributed by atoms with Crippen LogP contribution >= 0.6 is 0 Å². The van der Waals surface area contributed by atoms with Gasteiger partial charge < -0.3 is 0 Å². The van der Waals surface area contributed by atoms with Crippen molar-refractivity contribution >= 4 is 5.78 Å². The third-order valence-corrected chi connectivity index (χ3v) is 2.96. The Morgan fingerprint density at radius 3 is 1.52 bits per heavy atom. The molecule has 2 rings (SSSR count). The molecule has 23 heavy (non-hydrogen) atoms. The lowest BCUT2D eigenvalue weighted by molar-refractivity contribution is -0.143. The van der Waals surface area contributed by atoms with Gasteiger partial charge in [-0.2, -0.15) is 26.3 Å². The van der Waals surface area contributed by atoms with E-state index in [4.69, 9.17) is 0 Å². The molecule has 0 saturated heterocycles. The molecule has 1 nitrogen and oxygen atoms in total. The zero-order valence-electron chi connectivity index (χ0n) is 11.1. The summed E-state index contributed by atoms with van der Waals surface area (Å²) in [5.74, 6) is -1.76. The molecule has 0 spiro atoms. The quantitative estimate of drug-likeness (QED) is 0.551. The summed E-state index contributed by atoms with van der Waals surface area (Å²) < 4.78 is 89.1. The molecule has 0 aliphatic carbocycles. The van der Waals surface area contributed by atoms with E-state index in [0.29, 0.717) is 12.1 Å². The van der Waals surface area contributed by atoms with E-state index in [0.717, 1.165) is 24.3 Å². The first-order valence-electron chi connectivity index (χ1n) is 6.08. The van der Waals surface area contributed by atoms with Crippen LogP contribution in [0.4, 0.5) is 30.7 Å². The molecule has 0 N–H and O–H groups in total. The highest BCUT2D eigenvalue weighted by Gasteiger charge is 2.37. The van der Waals surface area contributed by atoms with Crippen molar-refractivity contribution in [3.05, 3.63) is 70.5 Å². The molecular weight excluding hydrogens is 329 g/mol. The molecule has 0 aliphatic rings. The molecule has 0 aromatic heterocycles. The maximum absolute atomic E-state index is 12.8. The maximum atomic E-state index is 12.8. The standard InChI is InChI=1S/C15H7F7O/c16-12-3-1-8(2-4-12)13(23)9-5-10(14(17,18)19)7-11(6-9)15(20,21)22/h1-7H. The van der Waals surface area contributed by atoms with Gasteiger partial charge in [-0.05, 0) is 42.5 Å². The second kappa shape index (κ2) is 5.68. The number of carbonyl (C=O) groups is 1. The first-order valence-corrected chi connectivity index (χ1v) is 6.08. The van der Waals surface area contributed by atoms with Crippen LogP contribution in [-0.4, -0.2) is 5.78 Å². The summed E-state index contributed by atoms with van der Waals surface area (Å²) >= 11 is 0. The van der Waals surface area contributed by atoms with Crippen LogP contribution in [0.15, 0.2) is 42.5 Å². The van der Waals surface area contributed by atoms with Crippen LogP contribution in [0.25, 0.3) is 0 Å². The van der Waals surface area contributed by atoms with Gasteiger partial charge in [-0.3, -0.25) is 4.79 Å². The van der Waals surface area contributed by atoms with Crippen LogP contribution in [0, 0.1) is 5.82 Å². The average Bonchev–Trinajstić information content (AvgIpc) is 2.45. The lowest BCUT2D eigenvalue weighted by Gasteiger charge is -2.13. The van der Waals surface area contributed by atoms with Gasteiger partial charge in [-0.25, -0.2) is 4.39 Å². The Balaban J connectivity index is 2.57. The SMILES string of the molecule is O=C(c1ccc(F)cc1)c1cc(C(F)(F)F)cc(C(F)(F)F)c1.